The van der Waals surface area contributed by atoms with E-state index < -0.39 is 9.84 Å². The van der Waals surface area contributed by atoms with Crippen LogP contribution in [0.4, 0.5) is 0 Å². The Labute approximate surface area is 112 Å². The maximum absolute atomic E-state index is 12.0. The van der Waals surface area contributed by atoms with Gasteiger partial charge in [0.05, 0.1) is 41.6 Å². The lowest BCUT2D eigenvalue weighted by Crippen LogP contribution is -2.19. The lowest BCUT2D eigenvalue weighted by molar-refractivity contribution is 0.0520. The van der Waals surface area contributed by atoms with Crippen molar-refractivity contribution in [3.63, 3.8) is 0 Å². The van der Waals surface area contributed by atoms with Crippen LogP contribution in [0.25, 0.3) is 0 Å². The standard InChI is InChI=1S/C13H15NO4S/c14-9-11-1-3-13(4-2-11)19(15,16)8-7-18-12-5-6-17-10-12/h1-4,12H,5-8,10H2. The van der Waals surface area contributed by atoms with Crippen LogP contribution in [0, 0.1) is 11.3 Å². The van der Waals surface area contributed by atoms with Crippen molar-refractivity contribution in [2.24, 2.45) is 0 Å². The fourth-order valence-electron chi connectivity index (χ4n) is 1.82. The van der Waals surface area contributed by atoms with Gasteiger partial charge < -0.3 is 9.47 Å². The second-order valence-corrected chi connectivity index (χ2v) is 6.42. The van der Waals surface area contributed by atoms with Crippen molar-refractivity contribution < 1.29 is 17.9 Å². The van der Waals surface area contributed by atoms with Crippen molar-refractivity contribution in [2.45, 2.75) is 17.4 Å². The van der Waals surface area contributed by atoms with E-state index in [0.717, 1.165) is 6.42 Å². The molecule has 19 heavy (non-hydrogen) atoms. The van der Waals surface area contributed by atoms with Gasteiger partial charge in [0, 0.05) is 6.61 Å². The van der Waals surface area contributed by atoms with Gasteiger partial charge in [-0.15, -0.1) is 0 Å². The van der Waals surface area contributed by atoms with E-state index in [2.05, 4.69) is 0 Å². The predicted octanol–water partition coefficient (Wildman–Crippen LogP) is 1.14. The quantitative estimate of drug-likeness (QED) is 0.809. The van der Waals surface area contributed by atoms with Crippen LogP contribution in [-0.2, 0) is 19.3 Å². The fraction of sp³-hybridized carbons (Fsp3) is 0.462. The third kappa shape index (κ3) is 3.77. The van der Waals surface area contributed by atoms with Gasteiger partial charge in [0.1, 0.15) is 0 Å². The monoisotopic (exact) mass is 281 g/mol. The number of nitrogens with zero attached hydrogens (tertiary/aromatic N) is 1. The first-order valence-electron chi connectivity index (χ1n) is 6.04. The van der Waals surface area contributed by atoms with Crippen LogP contribution < -0.4 is 0 Å². The molecular weight excluding hydrogens is 266 g/mol. The van der Waals surface area contributed by atoms with Gasteiger partial charge in [-0.1, -0.05) is 0 Å². The van der Waals surface area contributed by atoms with E-state index in [1.54, 1.807) is 0 Å². The molecule has 1 aromatic rings. The summed E-state index contributed by atoms with van der Waals surface area (Å²) in [6.07, 6.45) is 0.827. The zero-order valence-corrected chi connectivity index (χ0v) is 11.2. The SMILES string of the molecule is N#Cc1ccc(S(=O)(=O)CCOC2CCOC2)cc1. The van der Waals surface area contributed by atoms with Crippen molar-refractivity contribution >= 4 is 9.84 Å². The van der Waals surface area contributed by atoms with E-state index in [1.807, 2.05) is 6.07 Å². The first kappa shape index (κ1) is 14.0. The highest BCUT2D eigenvalue weighted by molar-refractivity contribution is 7.91. The van der Waals surface area contributed by atoms with E-state index in [4.69, 9.17) is 14.7 Å². The minimum atomic E-state index is -3.35. The molecule has 0 radical (unpaired) electrons. The number of benzene rings is 1. The summed E-state index contributed by atoms with van der Waals surface area (Å²) in [5.74, 6) is -0.0601. The first-order chi connectivity index (χ1) is 9.12. The number of sulfone groups is 1. The average Bonchev–Trinajstić information content (AvgIpc) is 2.92. The average molecular weight is 281 g/mol. The molecule has 1 unspecified atom stereocenters. The third-order valence-corrected chi connectivity index (χ3v) is 4.63. The van der Waals surface area contributed by atoms with Crippen LogP contribution in [-0.4, -0.2) is 40.1 Å². The van der Waals surface area contributed by atoms with Crippen LogP contribution in [0.2, 0.25) is 0 Å². The molecule has 1 aromatic carbocycles. The van der Waals surface area contributed by atoms with E-state index in [1.165, 1.54) is 24.3 Å². The van der Waals surface area contributed by atoms with E-state index in [-0.39, 0.29) is 23.4 Å². The molecule has 5 nitrogen and oxygen atoms in total. The van der Waals surface area contributed by atoms with Crippen molar-refractivity contribution in [2.75, 3.05) is 25.6 Å². The number of hydrogen-bond acceptors (Lipinski definition) is 5. The minimum absolute atomic E-state index is 0.0103. The first-order valence-corrected chi connectivity index (χ1v) is 7.69. The van der Waals surface area contributed by atoms with E-state index >= 15 is 0 Å². The highest BCUT2D eigenvalue weighted by Crippen LogP contribution is 2.13. The summed E-state index contributed by atoms with van der Waals surface area (Å²) in [4.78, 5) is 0.220. The summed E-state index contributed by atoms with van der Waals surface area (Å²) < 4.78 is 34.6. The third-order valence-electron chi connectivity index (χ3n) is 2.94. The Hall–Kier alpha value is -1.42. The highest BCUT2D eigenvalue weighted by Gasteiger charge is 2.19. The molecule has 1 saturated heterocycles. The zero-order chi connectivity index (χ0) is 13.7. The minimum Gasteiger partial charge on any atom is -0.379 e. The van der Waals surface area contributed by atoms with Crippen LogP contribution >= 0.6 is 0 Å². The van der Waals surface area contributed by atoms with Gasteiger partial charge in [-0.05, 0) is 30.7 Å². The van der Waals surface area contributed by atoms with Crippen molar-refractivity contribution in [3.05, 3.63) is 29.8 Å². The topological polar surface area (TPSA) is 76.4 Å². The maximum atomic E-state index is 12.0. The van der Waals surface area contributed by atoms with E-state index in [0.29, 0.717) is 18.8 Å². The van der Waals surface area contributed by atoms with Crippen molar-refractivity contribution in [1.29, 1.82) is 5.26 Å². The van der Waals surface area contributed by atoms with Gasteiger partial charge in [-0.3, -0.25) is 0 Å². The Kier molecular flexibility index (Phi) is 4.53. The van der Waals surface area contributed by atoms with Crippen LogP contribution in [0.5, 0.6) is 0 Å². The highest BCUT2D eigenvalue weighted by atomic mass is 32.2. The Balaban J connectivity index is 1.91. The summed E-state index contributed by atoms with van der Waals surface area (Å²) in [7, 11) is -3.35. The molecule has 6 heteroatoms. The molecule has 1 fully saturated rings. The Bertz CT molecular complexity index is 553. The van der Waals surface area contributed by atoms with Gasteiger partial charge in [-0.2, -0.15) is 5.26 Å². The van der Waals surface area contributed by atoms with Gasteiger partial charge in [0.25, 0.3) is 0 Å². The molecule has 0 saturated carbocycles. The molecule has 1 atom stereocenters. The Morgan fingerprint density at radius 1 is 1.37 bits per heavy atom. The van der Waals surface area contributed by atoms with Crippen LogP contribution in [0.3, 0.4) is 0 Å². The fourth-order valence-corrected chi connectivity index (χ4v) is 2.93. The second kappa shape index (κ2) is 6.15. The van der Waals surface area contributed by atoms with Gasteiger partial charge >= 0.3 is 0 Å². The molecule has 2 rings (SSSR count). The molecule has 102 valence electrons. The normalized spacial score (nSPS) is 19.2. The summed E-state index contributed by atoms with van der Waals surface area (Å²) >= 11 is 0. The molecular formula is C13H15NO4S. The zero-order valence-electron chi connectivity index (χ0n) is 10.4. The number of ether oxygens (including phenoxy) is 2. The van der Waals surface area contributed by atoms with Gasteiger partial charge in [0.2, 0.25) is 0 Å². The molecule has 1 heterocycles. The van der Waals surface area contributed by atoms with Crippen LogP contribution in [0.1, 0.15) is 12.0 Å². The summed E-state index contributed by atoms with van der Waals surface area (Å²) in [6, 6.07) is 7.85. The van der Waals surface area contributed by atoms with Crippen molar-refractivity contribution in [1.82, 2.24) is 0 Å². The molecule has 1 aliphatic rings. The largest absolute Gasteiger partial charge is 0.379 e. The molecule has 0 spiro atoms. The molecule has 0 N–H and O–H groups in total. The predicted molar refractivity (Wildman–Crippen MR) is 68.4 cm³/mol. The number of hydrogen-bond donors (Lipinski definition) is 0. The van der Waals surface area contributed by atoms with Crippen LogP contribution in [0.15, 0.2) is 29.2 Å². The summed E-state index contributed by atoms with van der Waals surface area (Å²) in [6.45, 7) is 1.38. The summed E-state index contributed by atoms with van der Waals surface area (Å²) in [5.41, 5.74) is 0.443. The Morgan fingerprint density at radius 3 is 2.68 bits per heavy atom. The number of nitriles is 1. The number of rotatable bonds is 5. The molecule has 0 aromatic heterocycles. The lowest BCUT2D eigenvalue weighted by atomic mass is 10.2. The maximum Gasteiger partial charge on any atom is 0.180 e. The van der Waals surface area contributed by atoms with E-state index in [9.17, 15) is 8.42 Å². The molecule has 0 amide bonds. The van der Waals surface area contributed by atoms with Gasteiger partial charge in [-0.25, -0.2) is 8.42 Å². The van der Waals surface area contributed by atoms with Gasteiger partial charge in [0.15, 0.2) is 9.84 Å². The summed E-state index contributed by atoms with van der Waals surface area (Å²) in [5, 5.41) is 8.66. The van der Waals surface area contributed by atoms with Crippen molar-refractivity contribution in [3.8, 4) is 6.07 Å². The Morgan fingerprint density at radius 2 is 2.11 bits per heavy atom. The smallest absolute Gasteiger partial charge is 0.180 e. The molecule has 0 aliphatic carbocycles. The lowest BCUT2D eigenvalue weighted by Gasteiger charge is -2.10. The molecule has 0 bridgehead atoms. The second-order valence-electron chi connectivity index (χ2n) is 4.31. The molecule has 1 aliphatic heterocycles.